The zero-order valence-electron chi connectivity index (χ0n) is 15.0. The number of aryl methyl sites for hydroxylation is 1. The number of nitrogens with one attached hydrogen (secondary N) is 2. The molecule has 8 heteroatoms. The molecule has 0 bridgehead atoms. The Balaban J connectivity index is 2.42. The molecule has 0 spiro atoms. The first-order chi connectivity index (χ1) is 12.5. The zero-order valence-corrected chi connectivity index (χ0v) is 15.0. The van der Waals surface area contributed by atoms with Gasteiger partial charge in [0, 0.05) is 26.4 Å². The summed E-state index contributed by atoms with van der Waals surface area (Å²) in [5, 5.41) is 11.4. The number of nitrogens with zero attached hydrogens (tertiary/aromatic N) is 3. The first-order valence-electron chi connectivity index (χ1n) is 8.36. The molecular formula is C18H21N5O3. The molecule has 3 aromatic rings. The van der Waals surface area contributed by atoms with Crippen LogP contribution in [0.25, 0.3) is 16.7 Å². The maximum absolute atomic E-state index is 13.0. The van der Waals surface area contributed by atoms with E-state index in [0.29, 0.717) is 36.4 Å². The third-order valence-corrected chi connectivity index (χ3v) is 4.16. The van der Waals surface area contributed by atoms with Crippen molar-refractivity contribution >= 4 is 22.6 Å². The summed E-state index contributed by atoms with van der Waals surface area (Å²) in [6.07, 6.45) is 1.71. The first-order valence-corrected chi connectivity index (χ1v) is 8.36. The van der Waals surface area contributed by atoms with Crippen molar-refractivity contribution in [2.75, 3.05) is 20.3 Å². The van der Waals surface area contributed by atoms with Crippen LogP contribution in [0.15, 0.2) is 29.2 Å². The molecule has 0 unspecified atom stereocenters. The van der Waals surface area contributed by atoms with Crippen LogP contribution in [0.4, 0.5) is 0 Å². The highest BCUT2D eigenvalue weighted by Gasteiger charge is 2.17. The number of aromatic nitrogens is 3. The molecule has 3 aromatic heterocycles. The third kappa shape index (κ3) is 2.99. The van der Waals surface area contributed by atoms with Crippen molar-refractivity contribution in [2.24, 2.45) is 0 Å². The van der Waals surface area contributed by atoms with E-state index >= 15 is 0 Å². The lowest BCUT2D eigenvalue weighted by Gasteiger charge is -2.14. The average molecular weight is 355 g/mol. The van der Waals surface area contributed by atoms with Crippen LogP contribution in [0.3, 0.4) is 0 Å². The fourth-order valence-corrected chi connectivity index (χ4v) is 2.87. The topological polar surface area (TPSA) is 101 Å². The van der Waals surface area contributed by atoms with Crippen LogP contribution >= 0.6 is 0 Å². The van der Waals surface area contributed by atoms with Crippen LogP contribution in [0.5, 0.6) is 0 Å². The molecule has 0 aliphatic heterocycles. The highest BCUT2D eigenvalue weighted by Crippen LogP contribution is 2.11. The van der Waals surface area contributed by atoms with Crippen LogP contribution in [0.1, 0.15) is 22.8 Å². The van der Waals surface area contributed by atoms with Gasteiger partial charge in [0.1, 0.15) is 16.8 Å². The van der Waals surface area contributed by atoms with E-state index in [4.69, 9.17) is 10.1 Å². The highest BCUT2D eigenvalue weighted by atomic mass is 16.5. The minimum absolute atomic E-state index is 0.00358. The largest absolute Gasteiger partial charge is 0.383 e. The number of carbonyl (C=O) groups excluding carboxylic acids is 1. The number of ether oxygens (including phenoxy) is 1. The Morgan fingerprint density at radius 1 is 1.38 bits per heavy atom. The number of amides is 1. The Morgan fingerprint density at radius 2 is 2.15 bits per heavy atom. The van der Waals surface area contributed by atoms with Gasteiger partial charge in [-0.15, -0.1) is 0 Å². The second-order valence-corrected chi connectivity index (χ2v) is 6.00. The van der Waals surface area contributed by atoms with Crippen LogP contribution in [-0.2, 0) is 11.3 Å². The van der Waals surface area contributed by atoms with Gasteiger partial charge in [0.05, 0.1) is 17.6 Å². The number of hydrogen-bond acceptors (Lipinski definition) is 5. The van der Waals surface area contributed by atoms with Gasteiger partial charge in [0.2, 0.25) is 0 Å². The van der Waals surface area contributed by atoms with Gasteiger partial charge in [-0.3, -0.25) is 19.4 Å². The molecule has 0 saturated carbocycles. The molecule has 0 saturated heterocycles. The van der Waals surface area contributed by atoms with Crippen molar-refractivity contribution in [1.82, 2.24) is 19.3 Å². The van der Waals surface area contributed by atoms with E-state index in [9.17, 15) is 9.59 Å². The Kier molecular flexibility index (Phi) is 4.85. The van der Waals surface area contributed by atoms with Crippen molar-refractivity contribution < 1.29 is 9.53 Å². The Hall–Kier alpha value is -3.00. The standard InChI is InChI=1S/C18H21N5O3/c1-4-20-17(24)12-9-13-16(22(15(12)19)7-8-26-3)21-14-6-5-11(2)10-23(14)18(13)25/h5-6,9-10,19H,4,7-8H2,1-3H3,(H,20,24). The number of methoxy groups -OCH3 is 1. The van der Waals surface area contributed by atoms with Gasteiger partial charge in [-0.2, -0.15) is 0 Å². The van der Waals surface area contributed by atoms with Gasteiger partial charge in [0.15, 0.2) is 0 Å². The smallest absolute Gasteiger partial charge is 0.267 e. The van der Waals surface area contributed by atoms with Crippen molar-refractivity contribution in [3.63, 3.8) is 0 Å². The van der Waals surface area contributed by atoms with Gasteiger partial charge in [-0.05, 0) is 31.5 Å². The summed E-state index contributed by atoms with van der Waals surface area (Å²) < 4.78 is 8.12. The fourth-order valence-electron chi connectivity index (χ4n) is 2.87. The van der Waals surface area contributed by atoms with Crippen LogP contribution in [0.2, 0.25) is 0 Å². The molecule has 0 aliphatic carbocycles. The van der Waals surface area contributed by atoms with E-state index in [1.807, 2.05) is 13.0 Å². The Labute approximate surface area is 149 Å². The molecule has 3 heterocycles. The minimum Gasteiger partial charge on any atom is -0.383 e. The molecule has 26 heavy (non-hydrogen) atoms. The van der Waals surface area contributed by atoms with E-state index in [1.165, 1.54) is 10.5 Å². The van der Waals surface area contributed by atoms with Gasteiger partial charge in [-0.1, -0.05) is 6.07 Å². The monoisotopic (exact) mass is 355 g/mol. The SMILES string of the molecule is CCNC(=O)c1cc2c(=O)n3cc(C)ccc3nc2n(CCOC)c1=N. The molecule has 0 radical (unpaired) electrons. The minimum atomic E-state index is -0.390. The lowest BCUT2D eigenvalue weighted by atomic mass is 10.2. The molecule has 0 aliphatic rings. The number of pyridine rings is 2. The summed E-state index contributed by atoms with van der Waals surface area (Å²) >= 11 is 0. The third-order valence-electron chi connectivity index (χ3n) is 4.16. The van der Waals surface area contributed by atoms with Crippen molar-refractivity contribution in [2.45, 2.75) is 20.4 Å². The molecule has 8 nitrogen and oxygen atoms in total. The predicted octanol–water partition coefficient (Wildman–Crippen LogP) is 0.833. The summed E-state index contributed by atoms with van der Waals surface area (Å²) in [4.78, 5) is 29.9. The number of carbonyl (C=O) groups is 1. The molecule has 0 fully saturated rings. The Bertz CT molecular complexity index is 1110. The number of hydrogen-bond donors (Lipinski definition) is 2. The molecule has 2 N–H and O–H groups in total. The van der Waals surface area contributed by atoms with Gasteiger partial charge >= 0.3 is 0 Å². The predicted molar refractivity (Wildman–Crippen MR) is 97.4 cm³/mol. The molecule has 0 atom stereocenters. The number of fused-ring (bicyclic) bond motifs is 2. The molecule has 3 rings (SSSR count). The van der Waals surface area contributed by atoms with E-state index in [0.717, 1.165) is 5.56 Å². The van der Waals surface area contributed by atoms with E-state index in [-0.39, 0.29) is 22.5 Å². The van der Waals surface area contributed by atoms with E-state index < -0.39 is 0 Å². The van der Waals surface area contributed by atoms with Crippen LogP contribution in [0, 0.1) is 12.3 Å². The fraction of sp³-hybridized carbons (Fsp3) is 0.333. The second-order valence-electron chi connectivity index (χ2n) is 6.00. The zero-order chi connectivity index (χ0) is 18.8. The lowest BCUT2D eigenvalue weighted by Crippen LogP contribution is -2.35. The maximum Gasteiger partial charge on any atom is 0.267 e. The summed E-state index contributed by atoms with van der Waals surface area (Å²) in [5.41, 5.74) is 1.66. The second kappa shape index (κ2) is 7.09. The molecule has 0 aromatic carbocycles. The van der Waals surface area contributed by atoms with E-state index in [2.05, 4.69) is 10.3 Å². The van der Waals surface area contributed by atoms with Gasteiger partial charge in [0.25, 0.3) is 11.5 Å². The number of rotatable bonds is 5. The Morgan fingerprint density at radius 3 is 2.85 bits per heavy atom. The summed E-state index contributed by atoms with van der Waals surface area (Å²) in [6, 6.07) is 5.09. The van der Waals surface area contributed by atoms with Crippen molar-refractivity contribution in [1.29, 1.82) is 5.41 Å². The quantitative estimate of drug-likeness (QED) is 0.662. The van der Waals surface area contributed by atoms with Crippen LogP contribution in [-0.4, -0.2) is 40.1 Å². The average Bonchev–Trinajstić information content (AvgIpc) is 2.62. The molecular weight excluding hydrogens is 334 g/mol. The summed E-state index contributed by atoms with van der Waals surface area (Å²) in [5.74, 6) is -0.390. The summed E-state index contributed by atoms with van der Waals surface area (Å²) in [7, 11) is 1.56. The molecule has 1 amide bonds. The van der Waals surface area contributed by atoms with Gasteiger partial charge in [-0.25, -0.2) is 4.98 Å². The van der Waals surface area contributed by atoms with Crippen LogP contribution < -0.4 is 16.4 Å². The van der Waals surface area contributed by atoms with Gasteiger partial charge < -0.3 is 14.6 Å². The molecule has 136 valence electrons. The summed E-state index contributed by atoms with van der Waals surface area (Å²) in [6.45, 7) is 4.77. The maximum atomic E-state index is 13.0. The first kappa shape index (κ1) is 17.8. The van der Waals surface area contributed by atoms with E-state index in [1.54, 1.807) is 30.9 Å². The van der Waals surface area contributed by atoms with Crippen molar-refractivity contribution in [3.8, 4) is 0 Å². The normalized spacial score (nSPS) is 11.2. The van der Waals surface area contributed by atoms with Crippen molar-refractivity contribution in [3.05, 3.63) is 51.4 Å². The highest BCUT2D eigenvalue weighted by molar-refractivity contribution is 5.96. The lowest BCUT2D eigenvalue weighted by molar-refractivity contribution is 0.0953.